The third-order valence-electron chi connectivity index (χ3n) is 11.3. The van der Waals surface area contributed by atoms with Crippen molar-refractivity contribution in [2.45, 2.75) is 0 Å². The Morgan fingerprint density at radius 1 is 0.263 bits per heavy atom. The van der Waals surface area contributed by atoms with Gasteiger partial charge in [0.05, 0.1) is 33.1 Å². The second kappa shape index (κ2) is 12.3. The van der Waals surface area contributed by atoms with E-state index in [2.05, 4.69) is 190 Å². The largest absolute Gasteiger partial charge is 0.309 e. The zero-order valence-electron chi connectivity index (χ0n) is 30.7. The van der Waals surface area contributed by atoms with Gasteiger partial charge in [-0.25, -0.2) is 4.98 Å². The zero-order valence-corrected chi connectivity index (χ0v) is 30.7. The van der Waals surface area contributed by atoms with Gasteiger partial charge in [0.1, 0.15) is 0 Å². The topological polar surface area (TPSA) is 53.5 Å². The summed E-state index contributed by atoms with van der Waals surface area (Å²) in [5, 5.41) is 7.11. The Morgan fingerprint density at radius 3 is 1.16 bits per heavy atom. The van der Waals surface area contributed by atoms with E-state index < -0.39 is 0 Å². The van der Waals surface area contributed by atoms with Crippen LogP contribution >= 0.6 is 0 Å². The number of fused-ring (bicyclic) bond motifs is 9. The first-order chi connectivity index (χ1) is 28.3. The maximum absolute atomic E-state index is 5.29. The van der Waals surface area contributed by atoms with Gasteiger partial charge < -0.3 is 9.13 Å². The van der Waals surface area contributed by atoms with Gasteiger partial charge in [0.25, 0.3) is 0 Å². The molecule has 4 aromatic heterocycles. The first-order valence-corrected chi connectivity index (χ1v) is 19.2. The maximum atomic E-state index is 5.29. The molecule has 0 amide bonds. The number of para-hydroxylation sites is 5. The molecule has 0 aliphatic heterocycles. The molecule has 0 aliphatic carbocycles. The van der Waals surface area contributed by atoms with Crippen LogP contribution in [0.3, 0.4) is 0 Å². The Bertz CT molecular complexity index is 3450. The monoisotopic (exact) mass is 728 g/mol. The van der Waals surface area contributed by atoms with Crippen LogP contribution in [0, 0.1) is 0 Å². The van der Waals surface area contributed by atoms with Gasteiger partial charge in [-0.3, -0.25) is 4.57 Å². The molecule has 0 spiro atoms. The lowest BCUT2D eigenvalue weighted by molar-refractivity contribution is 0.953. The Morgan fingerprint density at radius 2 is 0.632 bits per heavy atom. The van der Waals surface area contributed by atoms with E-state index in [-0.39, 0.29) is 0 Å². The third kappa shape index (κ3) is 4.81. The molecule has 0 bridgehead atoms. The van der Waals surface area contributed by atoms with Gasteiger partial charge >= 0.3 is 0 Å². The van der Waals surface area contributed by atoms with Gasteiger partial charge in [0.15, 0.2) is 11.6 Å². The Hall–Kier alpha value is -7.83. The predicted molar refractivity (Wildman–Crippen MR) is 234 cm³/mol. The molecule has 266 valence electrons. The lowest BCUT2D eigenvalue weighted by Gasteiger charge is -2.12. The van der Waals surface area contributed by atoms with E-state index in [1.165, 1.54) is 38.1 Å². The van der Waals surface area contributed by atoms with E-state index >= 15 is 0 Å². The average molecular weight is 729 g/mol. The van der Waals surface area contributed by atoms with E-state index in [1.54, 1.807) is 0 Å². The number of aromatic nitrogens is 6. The molecule has 0 saturated heterocycles. The van der Waals surface area contributed by atoms with E-state index in [1.807, 2.05) is 18.2 Å². The Balaban J connectivity index is 1.09. The smallest absolute Gasteiger partial charge is 0.238 e. The highest BCUT2D eigenvalue weighted by molar-refractivity contribution is 6.19. The van der Waals surface area contributed by atoms with Crippen LogP contribution in [0.25, 0.3) is 106 Å². The first kappa shape index (κ1) is 31.5. The summed E-state index contributed by atoms with van der Waals surface area (Å²) in [5.74, 6) is 1.80. The van der Waals surface area contributed by atoms with Crippen LogP contribution in [0.1, 0.15) is 0 Å². The minimum Gasteiger partial charge on any atom is -0.309 e. The highest BCUT2D eigenvalue weighted by atomic mass is 15.2. The first-order valence-electron chi connectivity index (χ1n) is 19.2. The zero-order chi connectivity index (χ0) is 37.5. The molecular weight excluding hydrogens is 697 g/mol. The van der Waals surface area contributed by atoms with Crippen molar-refractivity contribution in [2.24, 2.45) is 0 Å². The standard InChI is InChI=1S/C51H32N6/c1-3-15-33(16-4-1)49-52-50(34-27-29-36(30-28-34)55-43-23-11-7-19-37(43)38-20-8-12-24-44(38)55)54-51(53-49)57-46-26-14-10-22-40(46)42-31-47-41(32-48(42)57)39-21-9-13-25-45(39)56(47)35-17-5-2-6-18-35/h1-32H. The van der Waals surface area contributed by atoms with E-state index in [9.17, 15) is 0 Å². The molecule has 12 aromatic rings. The average Bonchev–Trinajstić information content (AvgIpc) is 3.91. The van der Waals surface area contributed by atoms with Crippen LogP contribution < -0.4 is 0 Å². The molecular formula is C51H32N6. The summed E-state index contributed by atoms with van der Waals surface area (Å²) in [5.41, 5.74) is 10.8. The van der Waals surface area contributed by atoms with Crippen LogP contribution in [-0.2, 0) is 0 Å². The highest BCUT2D eigenvalue weighted by Crippen LogP contribution is 2.40. The molecule has 0 N–H and O–H groups in total. The van der Waals surface area contributed by atoms with Crippen molar-refractivity contribution in [1.82, 2.24) is 28.7 Å². The number of benzene rings is 8. The molecule has 57 heavy (non-hydrogen) atoms. The van der Waals surface area contributed by atoms with Crippen LogP contribution in [0.5, 0.6) is 0 Å². The van der Waals surface area contributed by atoms with Crippen LogP contribution in [-0.4, -0.2) is 28.7 Å². The summed E-state index contributed by atoms with van der Waals surface area (Å²) in [6, 6.07) is 68.4. The van der Waals surface area contributed by atoms with E-state index in [4.69, 9.17) is 15.0 Å². The molecule has 0 aliphatic rings. The van der Waals surface area contributed by atoms with Crippen molar-refractivity contribution in [3.8, 4) is 40.1 Å². The normalized spacial score (nSPS) is 11.9. The molecule has 6 heteroatoms. The second-order valence-corrected chi connectivity index (χ2v) is 14.5. The molecule has 12 rings (SSSR count). The lowest BCUT2D eigenvalue weighted by atomic mass is 10.1. The number of rotatable bonds is 5. The van der Waals surface area contributed by atoms with Crippen molar-refractivity contribution in [3.05, 3.63) is 194 Å². The fourth-order valence-electron chi connectivity index (χ4n) is 8.77. The Kier molecular flexibility index (Phi) is 6.83. The van der Waals surface area contributed by atoms with Gasteiger partial charge in [-0.2, -0.15) is 9.97 Å². The molecule has 0 unspecified atom stereocenters. The molecule has 0 fully saturated rings. The van der Waals surface area contributed by atoms with Crippen molar-refractivity contribution in [2.75, 3.05) is 0 Å². The molecule has 0 saturated carbocycles. The molecule has 0 radical (unpaired) electrons. The maximum Gasteiger partial charge on any atom is 0.238 e. The summed E-state index contributed by atoms with van der Waals surface area (Å²) in [4.78, 5) is 15.6. The summed E-state index contributed by atoms with van der Waals surface area (Å²) in [6.45, 7) is 0. The van der Waals surface area contributed by atoms with Gasteiger partial charge in [0, 0.05) is 54.8 Å². The van der Waals surface area contributed by atoms with Gasteiger partial charge in [-0.1, -0.05) is 121 Å². The third-order valence-corrected chi connectivity index (χ3v) is 11.3. The summed E-state index contributed by atoms with van der Waals surface area (Å²) in [6.07, 6.45) is 0. The van der Waals surface area contributed by atoms with Crippen LogP contribution in [0.2, 0.25) is 0 Å². The second-order valence-electron chi connectivity index (χ2n) is 14.5. The molecule has 8 aromatic carbocycles. The number of hydrogen-bond acceptors (Lipinski definition) is 3. The van der Waals surface area contributed by atoms with E-state index in [0.29, 0.717) is 17.6 Å². The molecule has 6 nitrogen and oxygen atoms in total. The minimum absolute atomic E-state index is 0.572. The van der Waals surface area contributed by atoms with Crippen LogP contribution in [0.4, 0.5) is 0 Å². The van der Waals surface area contributed by atoms with Crippen molar-refractivity contribution >= 4 is 65.4 Å². The van der Waals surface area contributed by atoms with Gasteiger partial charge in [0.2, 0.25) is 5.95 Å². The minimum atomic E-state index is 0.572. The van der Waals surface area contributed by atoms with Crippen molar-refractivity contribution in [3.63, 3.8) is 0 Å². The summed E-state index contributed by atoms with van der Waals surface area (Å²) >= 11 is 0. The predicted octanol–water partition coefficient (Wildman–Crippen LogP) is 12.5. The SMILES string of the molecule is c1ccc(-c2nc(-c3ccc(-n4c5ccccc5c5ccccc54)cc3)nc(-n3c4ccccc4c4cc5c(cc43)c3ccccc3n5-c3ccccc3)n2)cc1. The van der Waals surface area contributed by atoms with Gasteiger partial charge in [-0.05, 0) is 72.8 Å². The van der Waals surface area contributed by atoms with E-state index in [0.717, 1.165) is 49.8 Å². The van der Waals surface area contributed by atoms with Crippen molar-refractivity contribution < 1.29 is 0 Å². The summed E-state index contributed by atoms with van der Waals surface area (Å²) in [7, 11) is 0. The number of nitrogens with zero attached hydrogens (tertiary/aromatic N) is 6. The molecule has 0 atom stereocenters. The lowest BCUT2D eigenvalue weighted by Crippen LogP contribution is -2.06. The fraction of sp³-hybridized carbons (Fsp3) is 0. The Labute approximate surface area is 327 Å². The quantitative estimate of drug-likeness (QED) is 0.177. The summed E-state index contributed by atoms with van der Waals surface area (Å²) < 4.78 is 6.91. The fourth-order valence-corrected chi connectivity index (χ4v) is 8.77. The van der Waals surface area contributed by atoms with Gasteiger partial charge in [-0.15, -0.1) is 0 Å². The molecule has 4 heterocycles. The number of hydrogen-bond donors (Lipinski definition) is 0. The van der Waals surface area contributed by atoms with Crippen LogP contribution in [0.15, 0.2) is 194 Å². The van der Waals surface area contributed by atoms with Crippen molar-refractivity contribution in [1.29, 1.82) is 0 Å². The highest BCUT2D eigenvalue weighted by Gasteiger charge is 2.21.